The Labute approximate surface area is 191 Å². The number of rotatable bonds is 7. The smallest absolute Gasteiger partial charge is 0.257 e. The summed E-state index contributed by atoms with van der Waals surface area (Å²) < 4.78 is 16.8. The molecule has 0 saturated carbocycles. The van der Waals surface area contributed by atoms with Crippen molar-refractivity contribution in [3.05, 3.63) is 57.9 Å². The van der Waals surface area contributed by atoms with E-state index in [9.17, 15) is 4.79 Å². The Hall–Kier alpha value is -2.75. The van der Waals surface area contributed by atoms with Crippen molar-refractivity contribution in [3.8, 4) is 5.75 Å². The third kappa shape index (κ3) is 5.53. The molecule has 0 radical (unpaired) electrons. The Kier molecular flexibility index (Phi) is 6.88. The van der Waals surface area contributed by atoms with Gasteiger partial charge in [0.15, 0.2) is 5.13 Å². The Morgan fingerprint density at radius 2 is 2.06 bits per heavy atom. The van der Waals surface area contributed by atoms with Crippen LogP contribution in [-0.2, 0) is 17.9 Å². The monoisotopic (exact) mass is 456 g/mol. The summed E-state index contributed by atoms with van der Waals surface area (Å²) >= 11 is 1.43. The van der Waals surface area contributed by atoms with Gasteiger partial charge in [0.05, 0.1) is 29.2 Å². The Morgan fingerprint density at radius 3 is 2.78 bits per heavy atom. The molecule has 3 aromatic rings. The first-order chi connectivity index (χ1) is 15.4. The van der Waals surface area contributed by atoms with Crippen molar-refractivity contribution < 1.29 is 18.8 Å². The summed E-state index contributed by atoms with van der Waals surface area (Å²) in [6.45, 7) is 10.7. The van der Waals surface area contributed by atoms with Gasteiger partial charge in [0.25, 0.3) is 5.91 Å². The highest BCUT2D eigenvalue weighted by Crippen LogP contribution is 2.22. The zero-order valence-corrected chi connectivity index (χ0v) is 19.6. The van der Waals surface area contributed by atoms with Gasteiger partial charge in [-0.15, -0.1) is 11.3 Å². The number of ether oxygens (including phenoxy) is 2. The third-order valence-corrected chi connectivity index (χ3v) is 6.12. The zero-order valence-electron chi connectivity index (χ0n) is 18.8. The van der Waals surface area contributed by atoms with Crippen LogP contribution in [0.4, 0.5) is 5.13 Å². The van der Waals surface area contributed by atoms with Gasteiger partial charge in [-0.2, -0.15) is 0 Å². The standard InChI is InChI=1S/C23H28N4O4S/c1-14-9-27(10-15(2)30-14)11-19-13-32-23(24-19)25-22(28)18-6-5-7-20(8-18)29-12-21-16(3)26-31-17(21)4/h5-8,13-15H,9-12H2,1-4H3,(H,24,25,28). The van der Waals surface area contributed by atoms with Crippen LogP contribution in [0.25, 0.3) is 0 Å². The molecule has 1 fully saturated rings. The fraction of sp³-hybridized carbons (Fsp3) is 0.435. The van der Waals surface area contributed by atoms with E-state index in [1.165, 1.54) is 11.3 Å². The largest absolute Gasteiger partial charge is 0.489 e. The molecule has 1 saturated heterocycles. The van der Waals surface area contributed by atoms with Crippen molar-refractivity contribution in [2.75, 3.05) is 18.4 Å². The van der Waals surface area contributed by atoms with Crippen LogP contribution < -0.4 is 10.1 Å². The van der Waals surface area contributed by atoms with Crippen LogP contribution in [0.5, 0.6) is 5.75 Å². The number of aromatic nitrogens is 2. The van der Waals surface area contributed by atoms with Gasteiger partial charge in [0.1, 0.15) is 18.1 Å². The lowest BCUT2D eigenvalue weighted by molar-refractivity contribution is -0.0707. The van der Waals surface area contributed by atoms with Crippen LogP contribution in [0.15, 0.2) is 34.2 Å². The molecule has 0 spiro atoms. The average molecular weight is 457 g/mol. The van der Waals surface area contributed by atoms with E-state index in [1.807, 2.05) is 25.3 Å². The lowest BCUT2D eigenvalue weighted by atomic mass is 10.2. The number of hydrogen-bond acceptors (Lipinski definition) is 8. The number of morpholine rings is 1. The summed E-state index contributed by atoms with van der Waals surface area (Å²) in [4.78, 5) is 19.7. The molecule has 9 heteroatoms. The van der Waals surface area contributed by atoms with Gasteiger partial charge in [0, 0.05) is 30.6 Å². The van der Waals surface area contributed by atoms with Crippen molar-refractivity contribution in [1.29, 1.82) is 0 Å². The van der Waals surface area contributed by atoms with E-state index < -0.39 is 0 Å². The van der Waals surface area contributed by atoms with Crippen molar-refractivity contribution in [2.24, 2.45) is 0 Å². The average Bonchev–Trinajstić information content (AvgIpc) is 3.31. The number of thiazole rings is 1. The summed E-state index contributed by atoms with van der Waals surface area (Å²) in [5.41, 5.74) is 3.17. The maximum Gasteiger partial charge on any atom is 0.257 e. The summed E-state index contributed by atoms with van der Waals surface area (Å²) in [7, 11) is 0. The number of benzene rings is 1. The van der Waals surface area contributed by atoms with E-state index in [1.54, 1.807) is 18.2 Å². The molecule has 1 N–H and O–H groups in total. The van der Waals surface area contributed by atoms with Crippen LogP contribution in [0, 0.1) is 13.8 Å². The fourth-order valence-corrected chi connectivity index (χ4v) is 4.54. The second-order valence-electron chi connectivity index (χ2n) is 8.17. The van der Waals surface area contributed by atoms with Crippen LogP contribution in [-0.4, -0.2) is 46.2 Å². The molecule has 8 nitrogen and oxygen atoms in total. The quantitative estimate of drug-likeness (QED) is 0.570. The van der Waals surface area contributed by atoms with Gasteiger partial charge in [-0.05, 0) is 45.9 Å². The Morgan fingerprint density at radius 1 is 1.28 bits per heavy atom. The number of carbonyl (C=O) groups is 1. The van der Waals surface area contributed by atoms with Crippen molar-refractivity contribution in [1.82, 2.24) is 15.0 Å². The maximum absolute atomic E-state index is 12.7. The minimum atomic E-state index is -0.220. The fourth-order valence-electron chi connectivity index (χ4n) is 3.84. The highest BCUT2D eigenvalue weighted by atomic mass is 32.1. The molecule has 1 aliphatic rings. The number of anilines is 1. The number of aryl methyl sites for hydroxylation is 2. The van der Waals surface area contributed by atoms with E-state index in [2.05, 4.69) is 34.2 Å². The predicted molar refractivity (Wildman–Crippen MR) is 122 cm³/mol. The number of nitrogens with zero attached hydrogens (tertiary/aromatic N) is 3. The van der Waals surface area contributed by atoms with Crippen molar-refractivity contribution >= 4 is 22.4 Å². The van der Waals surface area contributed by atoms with Crippen LogP contribution in [0.1, 0.15) is 46.9 Å². The molecule has 170 valence electrons. The molecule has 3 heterocycles. The van der Waals surface area contributed by atoms with Gasteiger partial charge in [-0.3, -0.25) is 15.0 Å². The highest BCUT2D eigenvalue weighted by Gasteiger charge is 2.23. The molecule has 1 aliphatic heterocycles. The molecule has 4 rings (SSSR count). The minimum absolute atomic E-state index is 0.212. The molecule has 1 aromatic carbocycles. The first-order valence-electron chi connectivity index (χ1n) is 10.7. The lowest BCUT2D eigenvalue weighted by Gasteiger charge is -2.34. The SMILES string of the molecule is Cc1noc(C)c1COc1cccc(C(=O)Nc2nc(CN3CC(C)OC(C)C3)cs2)c1. The molecule has 2 atom stereocenters. The first kappa shape index (κ1) is 22.4. The van der Waals surface area contributed by atoms with Gasteiger partial charge >= 0.3 is 0 Å². The van der Waals surface area contributed by atoms with E-state index in [0.29, 0.717) is 23.1 Å². The maximum atomic E-state index is 12.7. The summed E-state index contributed by atoms with van der Waals surface area (Å²) in [5.74, 6) is 1.12. The van der Waals surface area contributed by atoms with Crippen LogP contribution in [0.2, 0.25) is 0 Å². The first-order valence-corrected chi connectivity index (χ1v) is 11.5. The van der Waals surface area contributed by atoms with E-state index in [4.69, 9.17) is 14.0 Å². The summed E-state index contributed by atoms with van der Waals surface area (Å²) in [6, 6.07) is 7.09. The molecule has 0 aliphatic carbocycles. The minimum Gasteiger partial charge on any atom is -0.489 e. The highest BCUT2D eigenvalue weighted by molar-refractivity contribution is 7.14. The van der Waals surface area contributed by atoms with Crippen molar-refractivity contribution in [3.63, 3.8) is 0 Å². The zero-order chi connectivity index (χ0) is 22.7. The van der Waals surface area contributed by atoms with Gasteiger partial charge in [0.2, 0.25) is 0 Å². The summed E-state index contributed by atoms with van der Waals surface area (Å²) in [6.07, 6.45) is 0.423. The second-order valence-corrected chi connectivity index (χ2v) is 9.03. The third-order valence-electron chi connectivity index (χ3n) is 5.31. The Balaban J connectivity index is 1.34. The molecule has 1 amide bonds. The molecular formula is C23H28N4O4S. The van der Waals surface area contributed by atoms with Crippen LogP contribution >= 0.6 is 11.3 Å². The van der Waals surface area contributed by atoms with Crippen molar-refractivity contribution in [2.45, 2.75) is 53.1 Å². The second kappa shape index (κ2) is 9.81. The molecule has 2 unspecified atom stereocenters. The molecule has 2 aromatic heterocycles. The van der Waals surface area contributed by atoms with Crippen LogP contribution in [0.3, 0.4) is 0 Å². The summed E-state index contributed by atoms with van der Waals surface area (Å²) in [5, 5.41) is 9.40. The van der Waals surface area contributed by atoms with Gasteiger partial charge in [-0.1, -0.05) is 11.2 Å². The molecular weight excluding hydrogens is 428 g/mol. The number of carbonyl (C=O) groups excluding carboxylic acids is 1. The normalized spacial score (nSPS) is 19.1. The van der Waals surface area contributed by atoms with E-state index >= 15 is 0 Å². The topological polar surface area (TPSA) is 89.7 Å². The van der Waals surface area contributed by atoms with Gasteiger partial charge in [-0.25, -0.2) is 4.98 Å². The van der Waals surface area contributed by atoms with E-state index in [-0.39, 0.29) is 18.1 Å². The molecule has 0 bridgehead atoms. The number of nitrogens with one attached hydrogen (secondary N) is 1. The predicted octanol–water partition coefficient (Wildman–Crippen LogP) is 4.19. The lowest BCUT2D eigenvalue weighted by Crippen LogP contribution is -2.44. The Bertz CT molecular complexity index is 1050. The number of amides is 1. The number of hydrogen-bond donors (Lipinski definition) is 1. The van der Waals surface area contributed by atoms with Gasteiger partial charge < -0.3 is 14.0 Å². The van der Waals surface area contributed by atoms with E-state index in [0.717, 1.165) is 42.3 Å². The molecule has 32 heavy (non-hydrogen) atoms.